The van der Waals surface area contributed by atoms with Crippen LogP contribution in [0.2, 0.25) is 0 Å². The van der Waals surface area contributed by atoms with Gasteiger partial charge in [0.15, 0.2) is 0 Å². The number of nitrogens with one attached hydrogen (secondary N) is 1. The van der Waals surface area contributed by atoms with E-state index in [1.54, 1.807) is 13.2 Å². The van der Waals surface area contributed by atoms with E-state index < -0.39 is 0 Å². The second-order valence-corrected chi connectivity index (χ2v) is 4.34. The highest BCUT2D eigenvalue weighted by molar-refractivity contribution is 5.84. The van der Waals surface area contributed by atoms with Crippen LogP contribution in [0, 0.1) is 0 Å². The zero-order chi connectivity index (χ0) is 13.0. The number of carbonyl (C=O) groups is 1. The van der Waals surface area contributed by atoms with Crippen molar-refractivity contribution in [3.05, 3.63) is 12.4 Å². The Hall–Kier alpha value is -1.85. The molecule has 1 aliphatic heterocycles. The van der Waals surface area contributed by atoms with Crippen LogP contribution in [0.5, 0.6) is 5.88 Å². The average molecular weight is 250 g/mol. The average Bonchev–Trinajstić information content (AvgIpc) is 2.92. The van der Waals surface area contributed by atoms with Gasteiger partial charge in [0.2, 0.25) is 11.8 Å². The summed E-state index contributed by atoms with van der Waals surface area (Å²) in [6, 6.07) is 1.39. The minimum Gasteiger partial charge on any atom is -0.481 e. The van der Waals surface area contributed by atoms with E-state index in [-0.39, 0.29) is 11.9 Å². The molecule has 1 amide bonds. The zero-order valence-electron chi connectivity index (χ0n) is 10.7. The number of hydrogen-bond donors (Lipinski definition) is 1. The Morgan fingerprint density at radius 3 is 2.83 bits per heavy atom. The lowest BCUT2D eigenvalue weighted by Gasteiger charge is -2.21. The molecule has 0 saturated carbocycles. The van der Waals surface area contributed by atoms with E-state index in [0.717, 1.165) is 25.9 Å². The maximum atomic E-state index is 12.1. The van der Waals surface area contributed by atoms with E-state index in [4.69, 9.17) is 4.74 Å². The first-order chi connectivity index (χ1) is 8.70. The molecule has 0 spiro atoms. The second-order valence-electron chi connectivity index (χ2n) is 4.34. The van der Waals surface area contributed by atoms with Crippen LogP contribution in [0.3, 0.4) is 0 Å². The molecule has 1 aromatic heterocycles. The summed E-state index contributed by atoms with van der Waals surface area (Å²) in [5, 5.41) is 3.07. The smallest absolute Gasteiger partial charge is 0.244 e. The molecule has 1 aromatic rings. The first-order valence-corrected chi connectivity index (χ1v) is 6.12. The Bertz CT molecular complexity index is 418. The van der Waals surface area contributed by atoms with Crippen molar-refractivity contribution in [2.75, 3.05) is 25.5 Å². The molecule has 1 unspecified atom stereocenters. The van der Waals surface area contributed by atoms with Crippen molar-refractivity contribution < 1.29 is 9.53 Å². The van der Waals surface area contributed by atoms with Gasteiger partial charge in [0, 0.05) is 19.2 Å². The lowest BCUT2D eigenvalue weighted by molar-refractivity contribution is -0.130. The molecule has 1 fully saturated rings. The number of nitrogens with zero attached hydrogens (tertiary/aromatic N) is 3. The van der Waals surface area contributed by atoms with Gasteiger partial charge in [0.25, 0.3) is 0 Å². The first kappa shape index (κ1) is 12.6. The number of likely N-dealkylation sites (tertiary alicyclic amines) is 1. The molecular formula is C12H18N4O2. The Kier molecular flexibility index (Phi) is 3.96. The Labute approximate surface area is 106 Å². The van der Waals surface area contributed by atoms with Crippen molar-refractivity contribution in [2.24, 2.45) is 0 Å². The normalized spacial score (nSPS) is 16.4. The molecule has 0 bridgehead atoms. The van der Waals surface area contributed by atoms with Crippen molar-refractivity contribution >= 4 is 11.7 Å². The van der Waals surface area contributed by atoms with Crippen molar-refractivity contribution in [2.45, 2.75) is 25.8 Å². The number of amides is 1. The summed E-state index contributed by atoms with van der Waals surface area (Å²) in [7, 11) is 1.55. The quantitative estimate of drug-likeness (QED) is 0.860. The molecule has 1 saturated heterocycles. The van der Waals surface area contributed by atoms with Gasteiger partial charge < -0.3 is 15.0 Å². The summed E-state index contributed by atoms with van der Waals surface area (Å²) in [6.07, 6.45) is 3.60. The third kappa shape index (κ3) is 2.88. The maximum absolute atomic E-state index is 12.1. The van der Waals surface area contributed by atoms with Crippen molar-refractivity contribution in [1.82, 2.24) is 14.9 Å². The molecule has 0 radical (unpaired) electrons. The van der Waals surface area contributed by atoms with Crippen LogP contribution in [0.4, 0.5) is 5.82 Å². The van der Waals surface area contributed by atoms with Gasteiger partial charge in [-0.25, -0.2) is 9.97 Å². The van der Waals surface area contributed by atoms with Crippen LogP contribution in [-0.4, -0.2) is 47.0 Å². The van der Waals surface area contributed by atoms with Gasteiger partial charge >= 0.3 is 0 Å². The molecular weight excluding hydrogens is 232 g/mol. The predicted molar refractivity (Wildman–Crippen MR) is 67.5 cm³/mol. The number of ether oxygens (including phenoxy) is 1. The number of anilines is 1. The van der Waals surface area contributed by atoms with Crippen LogP contribution in [0.1, 0.15) is 19.8 Å². The van der Waals surface area contributed by atoms with Crippen molar-refractivity contribution in [3.8, 4) is 5.88 Å². The highest BCUT2D eigenvalue weighted by Gasteiger charge is 2.23. The Morgan fingerprint density at radius 2 is 2.17 bits per heavy atom. The third-order valence-corrected chi connectivity index (χ3v) is 3.00. The van der Waals surface area contributed by atoms with Gasteiger partial charge in [0.05, 0.1) is 7.11 Å². The topological polar surface area (TPSA) is 67.3 Å². The number of aromatic nitrogens is 2. The SMILES string of the molecule is COc1cc(NC(C)C(=O)N2CCCC2)ncn1. The highest BCUT2D eigenvalue weighted by Crippen LogP contribution is 2.14. The monoisotopic (exact) mass is 250 g/mol. The Balaban J connectivity index is 1.97. The third-order valence-electron chi connectivity index (χ3n) is 3.00. The van der Waals surface area contributed by atoms with Gasteiger partial charge in [-0.3, -0.25) is 4.79 Å². The molecule has 98 valence electrons. The van der Waals surface area contributed by atoms with E-state index in [2.05, 4.69) is 15.3 Å². The number of methoxy groups -OCH3 is 1. The molecule has 1 aliphatic rings. The van der Waals surface area contributed by atoms with Crippen LogP contribution in [-0.2, 0) is 4.79 Å². The minimum absolute atomic E-state index is 0.116. The van der Waals surface area contributed by atoms with E-state index in [1.807, 2.05) is 11.8 Å². The molecule has 2 rings (SSSR count). The fraction of sp³-hybridized carbons (Fsp3) is 0.583. The van der Waals surface area contributed by atoms with E-state index in [1.165, 1.54) is 6.33 Å². The molecule has 18 heavy (non-hydrogen) atoms. The fourth-order valence-corrected chi connectivity index (χ4v) is 2.02. The van der Waals surface area contributed by atoms with Gasteiger partial charge in [-0.05, 0) is 19.8 Å². The van der Waals surface area contributed by atoms with Crippen LogP contribution in [0.25, 0.3) is 0 Å². The summed E-state index contributed by atoms with van der Waals surface area (Å²) in [5.74, 6) is 1.19. The van der Waals surface area contributed by atoms with Crippen LogP contribution < -0.4 is 10.1 Å². The minimum atomic E-state index is -0.289. The fourth-order valence-electron chi connectivity index (χ4n) is 2.02. The van der Waals surface area contributed by atoms with Gasteiger partial charge in [-0.2, -0.15) is 0 Å². The molecule has 0 aliphatic carbocycles. The summed E-state index contributed by atoms with van der Waals surface area (Å²) in [4.78, 5) is 22.0. The molecule has 2 heterocycles. The van der Waals surface area contributed by atoms with Crippen LogP contribution in [0.15, 0.2) is 12.4 Å². The van der Waals surface area contributed by atoms with E-state index in [9.17, 15) is 4.79 Å². The summed E-state index contributed by atoms with van der Waals surface area (Å²) >= 11 is 0. The lowest BCUT2D eigenvalue weighted by Crippen LogP contribution is -2.39. The van der Waals surface area contributed by atoms with Gasteiger partial charge in [-0.15, -0.1) is 0 Å². The molecule has 1 N–H and O–H groups in total. The largest absolute Gasteiger partial charge is 0.481 e. The maximum Gasteiger partial charge on any atom is 0.244 e. The summed E-state index contributed by atoms with van der Waals surface area (Å²) in [6.45, 7) is 3.56. The molecule has 0 aromatic carbocycles. The summed E-state index contributed by atoms with van der Waals surface area (Å²) < 4.78 is 5.01. The predicted octanol–water partition coefficient (Wildman–Crippen LogP) is 0.908. The molecule has 6 nitrogen and oxygen atoms in total. The number of carbonyl (C=O) groups excluding carboxylic acids is 1. The number of rotatable bonds is 4. The standard InChI is InChI=1S/C12H18N4O2/c1-9(12(17)16-5-3-4-6-16)15-10-7-11(18-2)14-8-13-10/h7-9H,3-6H2,1-2H3,(H,13,14,15). The van der Waals surface area contributed by atoms with Gasteiger partial charge in [-0.1, -0.05) is 0 Å². The Morgan fingerprint density at radius 1 is 1.44 bits per heavy atom. The van der Waals surface area contributed by atoms with Crippen molar-refractivity contribution in [3.63, 3.8) is 0 Å². The van der Waals surface area contributed by atoms with E-state index >= 15 is 0 Å². The van der Waals surface area contributed by atoms with Crippen LogP contribution >= 0.6 is 0 Å². The second kappa shape index (κ2) is 5.66. The molecule has 1 atom stereocenters. The highest BCUT2D eigenvalue weighted by atomic mass is 16.5. The van der Waals surface area contributed by atoms with Gasteiger partial charge in [0.1, 0.15) is 18.2 Å². The molecule has 6 heteroatoms. The van der Waals surface area contributed by atoms with Crippen molar-refractivity contribution in [1.29, 1.82) is 0 Å². The summed E-state index contributed by atoms with van der Waals surface area (Å²) in [5.41, 5.74) is 0. The van der Waals surface area contributed by atoms with E-state index in [0.29, 0.717) is 11.7 Å². The number of hydrogen-bond acceptors (Lipinski definition) is 5. The zero-order valence-corrected chi connectivity index (χ0v) is 10.7. The lowest BCUT2D eigenvalue weighted by atomic mass is 10.3. The first-order valence-electron chi connectivity index (χ1n) is 6.12.